The third-order valence-corrected chi connectivity index (χ3v) is 4.05. The van der Waals surface area contributed by atoms with Crippen LogP contribution in [0.2, 0.25) is 0 Å². The molecule has 3 N–H and O–H groups in total. The first kappa shape index (κ1) is 14.1. The summed E-state index contributed by atoms with van der Waals surface area (Å²) in [7, 11) is 0. The van der Waals surface area contributed by atoms with Gasteiger partial charge < -0.3 is 15.4 Å². The standard InChI is InChI=1S/C14H23N3O2/c1-3-11-15-12(8-13(19)16-11)17-14(9-18)6-4-10(2)5-7-14/h8,10,18H,3-7,9H2,1-2H3,(H2,15,16,17,19). The lowest BCUT2D eigenvalue weighted by atomic mass is 9.77. The fourth-order valence-electron chi connectivity index (χ4n) is 2.65. The van der Waals surface area contributed by atoms with Gasteiger partial charge in [0.05, 0.1) is 12.1 Å². The van der Waals surface area contributed by atoms with Crippen LogP contribution in [0.25, 0.3) is 0 Å². The van der Waals surface area contributed by atoms with Crippen molar-refractivity contribution in [2.45, 2.75) is 51.5 Å². The summed E-state index contributed by atoms with van der Waals surface area (Å²) in [6.07, 6.45) is 4.71. The zero-order valence-electron chi connectivity index (χ0n) is 11.7. The van der Waals surface area contributed by atoms with Crippen LogP contribution in [0.3, 0.4) is 0 Å². The number of aromatic amines is 1. The molecular formula is C14H23N3O2. The molecule has 5 heteroatoms. The van der Waals surface area contributed by atoms with Crippen molar-refractivity contribution in [3.63, 3.8) is 0 Å². The van der Waals surface area contributed by atoms with E-state index in [9.17, 15) is 9.90 Å². The molecule has 2 rings (SSSR count). The fourth-order valence-corrected chi connectivity index (χ4v) is 2.65. The molecule has 1 fully saturated rings. The topological polar surface area (TPSA) is 78.0 Å². The Morgan fingerprint density at radius 2 is 2.21 bits per heavy atom. The largest absolute Gasteiger partial charge is 0.394 e. The molecule has 0 aromatic carbocycles. The van der Waals surface area contributed by atoms with Crippen molar-refractivity contribution < 1.29 is 5.11 Å². The van der Waals surface area contributed by atoms with Gasteiger partial charge in [-0.2, -0.15) is 0 Å². The van der Waals surface area contributed by atoms with Gasteiger partial charge in [0.2, 0.25) is 0 Å². The molecule has 0 unspecified atom stereocenters. The summed E-state index contributed by atoms with van der Waals surface area (Å²) in [6, 6.07) is 1.47. The Morgan fingerprint density at radius 3 is 2.79 bits per heavy atom. The lowest BCUT2D eigenvalue weighted by Crippen LogP contribution is -2.45. The quantitative estimate of drug-likeness (QED) is 0.774. The Balaban J connectivity index is 2.18. The highest BCUT2D eigenvalue weighted by atomic mass is 16.3. The SMILES string of the molecule is CCc1nc(NC2(CO)CCC(C)CC2)cc(=O)[nH]1. The monoisotopic (exact) mass is 265 g/mol. The predicted octanol–water partition coefficient (Wildman–Crippen LogP) is 1.69. The summed E-state index contributed by atoms with van der Waals surface area (Å²) >= 11 is 0. The molecule has 106 valence electrons. The molecular weight excluding hydrogens is 242 g/mol. The summed E-state index contributed by atoms with van der Waals surface area (Å²) < 4.78 is 0. The zero-order chi connectivity index (χ0) is 13.9. The van der Waals surface area contributed by atoms with Crippen molar-refractivity contribution in [1.29, 1.82) is 0 Å². The van der Waals surface area contributed by atoms with Crippen molar-refractivity contribution in [2.75, 3.05) is 11.9 Å². The number of aryl methyl sites for hydroxylation is 1. The Kier molecular flexibility index (Phi) is 4.24. The molecule has 19 heavy (non-hydrogen) atoms. The summed E-state index contributed by atoms with van der Waals surface area (Å²) in [5.74, 6) is 1.95. The molecule has 0 spiro atoms. The van der Waals surface area contributed by atoms with Crippen LogP contribution >= 0.6 is 0 Å². The summed E-state index contributed by atoms with van der Waals surface area (Å²) in [5.41, 5.74) is -0.468. The molecule has 1 aromatic rings. The first-order chi connectivity index (χ1) is 9.07. The molecule has 1 saturated carbocycles. The first-order valence-electron chi connectivity index (χ1n) is 7.06. The Hall–Kier alpha value is -1.36. The van der Waals surface area contributed by atoms with Gasteiger partial charge in [0.15, 0.2) is 0 Å². The highest BCUT2D eigenvalue weighted by Crippen LogP contribution is 2.33. The van der Waals surface area contributed by atoms with Crippen LogP contribution in [0, 0.1) is 5.92 Å². The van der Waals surface area contributed by atoms with E-state index in [1.165, 1.54) is 6.07 Å². The zero-order valence-corrected chi connectivity index (χ0v) is 11.7. The van der Waals surface area contributed by atoms with Gasteiger partial charge in [0.1, 0.15) is 11.6 Å². The van der Waals surface area contributed by atoms with Crippen LogP contribution in [0.5, 0.6) is 0 Å². The van der Waals surface area contributed by atoms with Crippen molar-refractivity contribution in [3.8, 4) is 0 Å². The average molecular weight is 265 g/mol. The molecule has 0 radical (unpaired) electrons. The number of rotatable bonds is 4. The van der Waals surface area contributed by atoms with Gasteiger partial charge >= 0.3 is 0 Å². The number of aliphatic hydroxyl groups excluding tert-OH is 1. The molecule has 5 nitrogen and oxygen atoms in total. The van der Waals surface area contributed by atoms with Crippen molar-refractivity contribution in [2.24, 2.45) is 5.92 Å². The number of aliphatic hydroxyl groups is 1. The molecule has 1 aliphatic rings. The molecule has 0 bridgehead atoms. The van der Waals surface area contributed by atoms with Crippen LogP contribution in [0.1, 0.15) is 45.4 Å². The smallest absolute Gasteiger partial charge is 0.252 e. The van der Waals surface area contributed by atoms with Crippen LogP contribution in [0.15, 0.2) is 10.9 Å². The van der Waals surface area contributed by atoms with Gasteiger partial charge in [-0.3, -0.25) is 4.79 Å². The van der Waals surface area contributed by atoms with Gasteiger partial charge in [-0.25, -0.2) is 4.98 Å². The number of nitrogens with zero attached hydrogens (tertiary/aromatic N) is 1. The minimum Gasteiger partial charge on any atom is -0.394 e. The molecule has 0 saturated heterocycles. The fraction of sp³-hybridized carbons (Fsp3) is 0.714. The van der Waals surface area contributed by atoms with Crippen LogP contribution in [-0.2, 0) is 6.42 Å². The summed E-state index contributed by atoms with van der Waals surface area (Å²) in [5, 5.41) is 13.0. The normalized spacial score (nSPS) is 27.2. The van der Waals surface area contributed by atoms with E-state index in [1.54, 1.807) is 0 Å². The van der Waals surface area contributed by atoms with E-state index in [2.05, 4.69) is 22.2 Å². The minimum absolute atomic E-state index is 0.0790. The van der Waals surface area contributed by atoms with Crippen molar-refractivity contribution >= 4 is 5.82 Å². The Morgan fingerprint density at radius 1 is 1.53 bits per heavy atom. The van der Waals surface area contributed by atoms with E-state index < -0.39 is 0 Å². The molecule has 1 heterocycles. The van der Waals surface area contributed by atoms with Gasteiger partial charge in [-0.15, -0.1) is 0 Å². The molecule has 1 aromatic heterocycles. The number of anilines is 1. The lowest BCUT2D eigenvalue weighted by Gasteiger charge is -2.39. The number of aromatic nitrogens is 2. The van der Waals surface area contributed by atoms with Gasteiger partial charge in [0, 0.05) is 12.5 Å². The molecule has 0 aliphatic heterocycles. The van der Waals surface area contributed by atoms with E-state index in [4.69, 9.17) is 0 Å². The van der Waals surface area contributed by atoms with E-state index in [-0.39, 0.29) is 17.7 Å². The minimum atomic E-state index is -0.321. The van der Waals surface area contributed by atoms with Crippen molar-refractivity contribution in [1.82, 2.24) is 9.97 Å². The highest BCUT2D eigenvalue weighted by Gasteiger charge is 2.33. The maximum absolute atomic E-state index is 11.6. The molecule has 1 aliphatic carbocycles. The second-order valence-corrected chi connectivity index (χ2v) is 5.68. The van der Waals surface area contributed by atoms with Crippen LogP contribution < -0.4 is 10.9 Å². The van der Waals surface area contributed by atoms with E-state index in [0.29, 0.717) is 24.0 Å². The number of hydrogen-bond donors (Lipinski definition) is 3. The maximum atomic E-state index is 11.6. The lowest BCUT2D eigenvalue weighted by molar-refractivity contribution is 0.155. The third kappa shape index (κ3) is 3.35. The maximum Gasteiger partial charge on any atom is 0.252 e. The summed E-state index contributed by atoms with van der Waals surface area (Å²) in [6.45, 7) is 4.27. The van der Waals surface area contributed by atoms with E-state index >= 15 is 0 Å². The van der Waals surface area contributed by atoms with Gasteiger partial charge in [0.25, 0.3) is 5.56 Å². The average Bonchev–Trinajstić information content (AvgIpc) is 2.41. The van der Waals surface area contributed by atoms with Crippen LogP contribution in [-0.4, -0.2) is 27.2 Å². The molecule has 0 atom stereocenters. The van der Waals surface area contributed by atoms with E-state index in [0.717, 1.165) is 25.7 Å². The number of H-pyrrole nitrogens is 1. The Bertz CT molecular complexity index is 476. The van der Waals surface area contributed by atoms with Gasteiger partial charge in [-0.1, -0.05) is 13.8 Å². The number of nitrogens with one attached hydrogen (secondary N) is 2. The second kappa shape index (κ2) is 5.74. The van der Waals surface area contributed by atoms with Crippen molar-refractivity contribution in [3.05, 3.63) is 22.2 Å². The highest BCUT2D eigenvalue weighted by molar-refractivity contribution is 5.37. The van der Waals surface area contributed by atoms with Crippen LogP contribution in [0.4, 0.5) is 5.82 Å². The number of hydrogen-bond acceptors (Lipinski definition) is 4. The Labute approximate surface area is 113 Å². The first-order valence-corrected chi connectivity index (χ1v) is 7.06. The molecule has 0 amide bonds. The van der Waals surface area contributed by atoms with E-state index in [1.807, 2.05) is 6.92 Å². The second-order valence-electron chi connectivity index (χ2n) is 5.68. The third-order valence-electron chi connectivity index (χ3n) is 4.05. The summed E-state index contributed by atoms with van der Waals surface area (Å²) in [4.78, 5) is 18.6. The predicted molar refractivity (Wildman–Crippen MR) is 75.3 cm³/mol. The van der Waals surface area contributed by atoms with Gasteiger partial charge in [-0.05, 0) is 31.6 Å².